The Balaban J connectivity index is 3.03. The zero-order chi connectivity index (χ0) is 15.5. The first-order chi connectivity index (χ1) is 9.15. The predicted octanol–water partition coefficient (Wildman–Crippen LogP) is 0.988. The van der Waals surface area contributed by atoms with E-state index in [4.69, 9.17) is 5.11 Å². The van der Waals surface area contributed by atoms with Gasteiger partial charge >= 0.3 is 5.97 Å². The Kier molecular flexibility index (Phi) is 5.27. The van der Waals surface area contributed by atoms with E-state index in [1.165, 1.54) is 12.1 Å². The summed E-state index contributed by atoms with van der Waals surface area (Å²) in [4.78, 5) is 10.8. The number of aliphatic hydroxyl groups excluding tert-OH is 1. The summed E-state index contributed by atoms with van der Waals surface area (Å²) < 4.78 is 26.6. The molecule has 0 aliphatic carbocycles. The zero-order valence-electron chi connectivity index (χ0n) is 11.6. The van der Waals surface area contributed by atoms with Gasteiger partial charge < -0.3 is 10.2 Å². The Morgan fingerprint density at radius 1 is 1.35 bits per heavy atom. The molecule has 0 amide bonds. The van der Waals surface area contributed by atoms with E-state index in [9.17, 15) is 18.3 Å². The first-order valence-electron chi connectivity index (χ1n) is 6.17. The minimum absolute atomic E-state index is 0.0795. The SMILES string of the molecule is Cc1ccc(C(=O)O)cc1S(=O)(=O)NCC(O)C(C)C. The van der Waals surface area contributed by atoms with Gasteiger partial charge in [-0.15, -0.1) is 0 Å². The van der Waals surface area contributed by atoms with Gasteiger partial charge in [0.15, 0.2) is 0 Å². The number of rotatable bonds is 6. The molecular weight excluding hydrogens is 282 g/mol. The molecule has 7 heteroatoms. The summed E-state index contributed by atoms with van der Waals surface area (Å²) in [7, 11) is -3.85. The maximum absolute atomic E-state index is 12.1. The number of carbonyl (C=O) groups is 1. The number of carboxylic acid groups (broad SMARTS) is 1. The van der Waals surface area contributed by atoms with Crippen molar-refractivity contribution in [1.82, 2.24) is 4.72 Å². The Morgan fingerprint density at radius 2 is 1.95 bits per heavy atom. The van der Waals surface area contributed by atoms with Crippen LogP contribution >= 0.6 is 0 Å². The van der Waals surface area contributed by atoms with Crippen molar-refractivity contribution in [2.45, 2.75) is 31.8 Å². The van der Waals surface area contributed by atoms with Crippen molar-refractivity contribution < 1.29 is 23.4 Å². The molecule has 0 aromatic heterocycles. The van der Waals surface area contributed by atoms with Crippen LogP contribution in [0.2, 0.25) is 0 Å². The molecule has 0 saturated carbocycles. The van der Waals surface area contributed by atoms with E-state index in [1.807, 2.05) is 0 Å². The number of benzene rings is 1. The van der Waals surface area contributed by atoms with Crippen LogP contribution in [0.1, 0.15) is 29.8 Å². The lowest BCUT2D eigenvalue weighted by atomic mass is 10.1. The van der Waals surface area contributed by atoms with Crippen molar-refractivity contribution >= 4 is 16.0 Å². The van der Waals surface area contributed by atoms with Gasteiger partial charge in [-0.3, -0.25) is 0 Å². The molecule has 0 bridgehead atoms. The van der Waals surface area contributed by atoms with Gasteiger partial charge in [0, 0.05) is 6.54 Å². The van der Waals surface area contributed by atoms with Crippen LogP contribution < -0.4 is 4.72 Å². The van der Waals surface area contributed by atoms with Crippen molar-refractivity contribution in [2.75, 3.05) is 6.54 Å². The molecule has 0 aliphatic heterocycles. The van der Waals surface area contributed by atoms with E-state index in [1.54, 1.807) is 20.8 Å². The molecule has 3 N–H and O–H groups in total. The maximum Gasteiger partial charge on any atom is 0.335 e. The van der Waals surface area contributed by atoms with Gasteiger partial charge in [-0.25, -0.2) is 17.9 Å². The van der Waals surface area contributed by atoms with Crippen LogP contribution in [0.15, 0.2) is 23.1 Å². The van der Waals surface area contributed by atoms with Crippen molar-refractivity contribution in [3.8, 4) is 0 Å². The highest BCUT2D eigenvalue weighted by atomic mass is 32.2. The summed E-state index contributed by atoms with van der Waals surface area (Å²) in [5.74, 6) is -1.27. The van der Waals surface area contributed by atoms with E-state index < -0.39 is 22.1 Å². The molecule has 6 nitrogen and oxygen atoms in total. The van der Waals surface area contributed by atoms with Gasteiger partial charge in [-0.05, 0) is 30.5 Å². The lowest BCUT2D eigenvalue weighted by Crippen LogP contribution is -2.35. The molecule has 112 valence electrons. The first kappa shape index (κ1) is 16.6. The summed E-state index contributed by atoms with van der Waals surface area (Å²) >= 11 is 0. The Morgan fingerprint density at radius 3 is 2.45 bits per heavy atom. The van der Waals surface area contributed by atoms with Gasteiger partial charge in [0.2, 0.25) is 10.0 Å². The molecule has 0 fully saturated rings. The summed E-state index contributed by atoms with van der Waals surface area (Å²) in [6.07, 6.45) is -0.798. The second kappa shape index (κ2) is 6.34. The normalized spacial score (nSPS) is 13.4. The van der Waals surface area contributed by atoms with Crippen LogP contribution in [-0.4, -0.2) is 37.2 Å². The van der Waals surface area contributed by atoms with Gasteiger partial charge in [0.25, 0.3) is 0 Å². The Hall–Kier alpha value is -1.44. The van der Waals surface area contributed by atoms with Gasteiger partial charge in [0.05, 0.1) is 16.6 Å². The predicted molar refractivity (Wildman–Crippen MR) is 74.2 cm³/mol. The molecule has 20 heavy (non-hydrogen) atoms. The molecule has 1 unspecified atom stereocenters. The van der Waals surface area contributed by atoms with Crippen molar-refractivity contribution in [3.05, 3.63) is 29.3 Å². The largest absolute Gasteiger partial charge is 0.478 e. The molecule has 0 radical (unpaired) electrons. The zero-order valence-corrected chi connectivity index (χ0v) is 12.4. The third-order valence-electron chi connectivity index (χ3n) is 2.98. The fourth-order valence-electron chi connectivity index (χ4n) is 1.53. The van der Waals surface area contributed by atoms with Crippen LogP contribution in [0.4, 0.5) is 0 Å². The van der Waals surface area contributed by atoms with E-state index in [0.717, 1.165) is 6.07 Å². The second-order valence-corrected chi connectivity index (χ2v) is 6.68. The van der Waals surface area contributed by atoms with Crippen LogP contribution in [0.5, 0.6) is 0 Å². The summed E-state index contributed by atoms with van der Waals surface area (Å²) in [5.41, 5.74) is 0.349. The average Bonchev–Trinajstić information content (AvgIpc) is 2.35. The number of nitrogens with one attached hydrogen (secondary N) is 1. The quantitative estimate of drug-likeness (QED) is 0.727. The van der Waals surface area contributed by atoms with Crippen LogP contribution in [-0.2, 0) is 10.0 Å². The molecule has 0 heterocycles. The molecule has 0 saturated heterocycles. The fraction of sp³-hybridized carbons (Fsp3) is 0.462. The number of aliphatic hydroxyl groups is 1. The van der Waals surface area contributed by atoms with Gasteiger partial charge in [-0.2, -0.15) is 0 Å². The van der Waals surface area contributed by atoms with E-state index in [-0.39, 0.29) is 22.9 Å². The first-order valence-corrected chi connectivity index (χ1v) is 7.65. The minimum atomic E-state index is -3.85. The molecule has 1 rings (SSSR count). The second-order valence-electron chi connectivity index (χ2n) is 4.95. The molecule has 1 aromatic carbocycles. The third kappa shape index (κ3) is 4.03. The Labute approximate surface area is 118 Å². The van der Waals surface area contributed by atoms with Crippen molar-refractivity contribution in [2.24, 2.45) is 5.92 Å². The third-order valence-corrected chi connectivity index (χ3v) is 4.54. The van der Waals surface area contributed by atoms with E-state index >= 15 is 0 Å². The fourth-order valence-corrected chi connectivity index (χ4v) is 2.85. The molecular formula is C13H19NO5S. The number of aryl methyl sites for hydroxylation is 1. The van der Waals surface area contributed by atoms with E-state index in [2.05, 4.69) is 4.72 Å². The smallest absolute Gasteiger partial charge is 0.335 e. The van der Waals surface area contributed by atoms with Crippen LogP contribution in [0.25, 0.3) is 0 Å². The van der Waals surface area contributed by atoms with E-state index in [0.29, 0.717) is 5.56 Å². The number of hydrogen-bond donors (Lipinski definition) is 3. The minimum Gasteiger partial charge on any atom is -0.478 e. The number of hydrogen-bond acceptors (Lipinski definition) is 4. The lowest BCUT2D eigenvalue weighted by molar-refractivity contribution is 0.0696. The lowest BCUT2D eigenvalue weighted by Gasteiger charge is -2.16. The summed E-state index contributed by atoms with van der Waals surface area (Å²) in [6, 6.07) is 3.90. The topological polar surface area (TPSA) is 104 Å². The molecule has 1 atom stereocenters. The molecule has 0 aliphatic rings. The highest BCUT2D eigenvalue weighted by Crippen LogP contribution is 2.17. The molecule has 1 aromatic rings. The number of sulfonamides is 1. The van der Waals surface area contributed by atoms with Crippen LogP contribution in [0.3, 0.4) is 0 Å². The van der Waals surface area contributed by atoms with Crippen molar-refractivity contribution in [3.63, 3.8) is 0 Å². The molecule has 0 spiro atoms. The summed E-state index contributed by atoms with van der Waals surface area (Å²) in [6.45, 7) is 5.01. The standard InChI is InChI=1S/C13H19NO5S/c1-8(2)11(15)7-14-20(18,19)12-6-10(13(16)17)5-4-9(12)3/h4-6,8,11,14-15H,7H2,1-3H3,(H,16,17). The van der Waals surface area contributed by atoms with Crippen molar-refractivity contribution in [1.29, 1.82) is 0 Å². The Bertz CT molecular complexity index is 595. The summed E-state index contributed by atoms with van der Waals surface area (Å²) in [5, 5.41) is 18.5. The number of carboxylic acids is 1. The monoisotopic (exact) mass is 301 g/mol. The maximum atomic E-state index is 12.1. The van der Waals surface area contributed by atoms with Crippen LogP contribution in [0, 0.1) is 12.8 Å². The van der Waals surface area contributed by atoms with Gasteiger partial charge in [-0.1, -0.05) is 19.9 Å². The highest BCUT2D eigenvalue weighted by Gasteiger charge is 2.20. The number of aromatic carboxylic acids is 1. The average molecular weight is 301 g/mol. The highest BCUT2D eigenvalue weighted by molar-refractivity contribution is 7.89. The van der Waals surface area contributed by atoms with Gasteiger partial charge in [0.1, 0.15) is 0 Å².